The van der Waals surface area contributed by atoms with Crippen LogP contribution in [0.15, 0.2) is 46.3 Å². The molecule has 0 aliphatic heterocycles. The first-order valence-electron chi connectivity index (χ1n) is 9.06. The number of hydrogen-bond donors (Lipinski definition) is 6. The molecule has 0 saturated carbocycles. The first-order valence-corrected chi connectivity index (χ1v) is 9.46. The van der Waals surface area contributed by atoms with E-state index in [-0.39, 0.29) is 33.2 Å². The maximum atomic E-state index is 12.8. The number of ether oxygens (including phenoxy) is 2. The number of aliphatic hydroxyl groups excluding tert-OH is 1. The molecule has 2 atom stereocenters. The van der Waals surface area contributed by atoms with Crippen LogP contribution >= 0.6 is 12.2 Å². The number of rotatable bonds is 7. The fraction of sp³-hybridized carbons (Fsp3) is 0.158. The summed E-state index contributed by atoms with van der Waals surface area (Å²) in [5.74, 6) is 0.798. The molecule has 0 aliphatic carbocycles. The van der Waals surface area contributed by atoms with E-state index in [2.05, 4.69) is 20.5 Å². The number of quaternary nitrogens is 1. The second-order valence-electron chi connectivity index (χ2n) is 6.44. The Hall–Kier alpha value is -3.62. The summed E-state index contributed by atoms with van der Waals surface area (Å²) >= 11 is 4.77. The van der Waals surface area contributed by atoms with Gasteiger partial charge in [0.2, 0.25) is 0 Å². The van der Waals surface area contributed by atoms with Crippen molar-refractivity contribution in [1.29, 1.82) is 0 Å². The molecule has 0 radical (unpaired) electrons. The minimum atomic E-state index is -1.43. The molecule has 12 nitrogen and oxygen atoms in total. The van der Waals surface area contributed by atoms with E-state index >= 15 is 0 Å². The first kappa shape index (κ1) is 23.1. The monoisotopic (exact) mass is 460 g/mol. The van der Waals surface area contributed by atoms with Crippen molar-refractivity contribution in [3.05, 3.63) is 63.2 Å². The number of aromatic nitrogens is 2. The zero-order chi connectivity index (χ0) is 23.4. The van der Waals surface area contributed by atoms with Gasteiger partial charge in [0.05, 0.1) is 25.3 Å². The van der Waals surface area contributed by atoms with Gasteiger partial charge < -0.3 is 30.5 Å². The van der Waals surface area contributed by atoms with Gasteiger partial charge in [-0.3, -0.25) is 10.2 Å². The van der Waals surface area contributed by atoms with Crippen molar-refractivity contribution in [2.75, 3.05) is 14.2 Å². The quantitative estimate of drug-likeness (QED) is 0.154. The maximum Gasteiger partial charge on any atom is 0.276 e. The molecule has 32 heavy (non-hydrogen) atoms. The predicted molar refractivity (Wildman–Crippen MR) is 119 cm³/mol. The molecule has 2 aromatic carbocycles. The number of nitrogens with one attached hydrogen (secondary N) is 3. The summed E-state index contributed by atoms with van der Waals surface area (Å²) in [6.45, 7) is 0. The van der Waals surface area contributed by atoms with Crippen LogP contribution in [0, 0.1) is 5.21 Å². The molecule has 1 aromatic heterocycles. The predicted octanol–water partition coefficient (Wildman–Crippen LogP) is -0.385. The number of thiocarbonyl (C=S) groups is 1. The number of methoxy groups -OCH3 is 2. The van der Waals surface area contributed by atoms with Crippen molar-refractivity contribution in [2.45, 2.75) is 6.10 Å². The third kappa shape index (κ3) is 4.82. The summed E-state index contributed by atoms with van der Waals surface area (Å²) in [7, 11) is 2.92. The molecule has 0 fully saturated rings. The molecular formula is C19H20N6O6S. The van der Waals surface area contributed by atoms with Gasteiger partial charge in [0.15, 0.2) is 28.0 Å². The Morgan fingerprint density at radius 3 is 2.62 bits per heavy atom. The minimum Gasteiger partial charge on any atom is -0.595 e. The molecule has 0 saturated heterocycles. The third-order valence-electron chi connectivity index (χ3n) is 4.45. The third-order valence-corrected chi connectivity index (χ3v) is 4.54. The van der Waals surface area contributed by atoms with Gasteiger partial charge in [0, 0.05) is 12.1 Å². The number of nitrogens with two attached hydrogens (primary N) is 1. The number of hydrogen-bond acceptors (Lipinski definition) is 9. The molecular weight excluding hydrogens is 440 g/mol. The minimum absolute atomic E-state index is 0.0166. The van der Waals surface area contributed by atoms with Gasteiger partial charge in [0.25, 0.3) is 5.56 Å². The van der Waals surface area contributed by atoms with Crippen molar-refractivity contribution in [2.24, 2.45) is 10.8 Å². The van der Waals surface area contributed by atoms with Gasteiger partial charge in [-0.05, 0) is 36.0 Å². The van der Waals surface area contributed by atoms with Crippen molar-refractivity contribution in [3.63, 3.8) is 0 Å². The highest BCUT2D eigenvalue weighted by molar-refractivity contribution is 7.80. The lowest BCUT2D eigenvalue weighted by Crippen LogP contribution is -2.99. The van der Waals surface area contributed by atoms with Crippen LogP contribution in [0.4, 0.5) is 5.69 Å². The first-order chi connectivity index (χ1) is 15.2. The number of benzene rings is 2. The standard InChI is InChI=1S/C19H20N6O6S/c1-30-13-6-3-9(7-14(13)31-2)17(26)15(23-24-19(20)32)16-18(27)22-12-8-10(25(28)29)4-5-11(12)21-16/h3-8,17,25-26,28H,1-2H3,(H,22,27)(H3,20,24,32)/b23-15-. The number of hydrazone groups is 1. The Kier molecular flexibility index (Phi) is 6.97. The average molecular weight is 460 g/mol. The Balaban J connectivity index is 2.13. The highest BCUT2D eigenvalue weighted by Gasteiger charge is 2.24. The number of nitrogens with zero attached hydrogens (tertiary/aromatic N) is 2. The largest absolute Gasteiger partial charge is 0.595 e. The van der Waals surface area contributed by atoms with E-state index in [4.69, 9.17) is 32.6 Å². The number of aliphatic hydroxyl groups is 1. The highest BCUT2D eigenvalue weighted by atomic mass is 32.1. The fourth-order valence-electron chi connectivity index (χ4n) is 2.93. The van der Waals surface area contributed by atoms with Crippen LogP contribution in [0.1, 0.15) is 17.4 Å². The van der Waals surface area contributed by atoms with Gasteiger partial charge in [-0.25, -0.2) is 10.2 Å². The summed E-state index contributed by atoms with van der Waals surface area (Å²) in [6, 6.07) is 8.73. The topological polar surface area (TPSA) is 183 Å². The van der Waals surface area contributed by atoms with Crippen LogP contribution in [0.3, 0.4) is 0 Å². The number of fused-ring (bicyclic) bond motifs is 1. The molecule has 2 unspecified atom stereocenters. The Morgan fingerprint density at radius 2 is 2.00 bits per heavy atom. The van der Waals surface area contributed by atoms with Gasteiger partial charge in [-0.15, -0.1) is 0 Å². The SMILES string of the molecule is COc1ccc(C(O)/C(=N\NC(N)=S)c2nc3ccc([NH+]([O-])O)cc3[nH]c2=O)cc1OC. The zero-order valence-corrected chi connectivity index (χ0v) is 17.8. The molecule has 13 heteroatoms. The average Bonchev–Trinajstić information content (AvgIpc) is 2.78. The van der Waals surface area contributed by atoms with E-state index in [9.17, 15) is 15.1 Å². The fourth-order valence-corrected chi connectivity index (χ4v) is 2.98. The Labute approximate surface area is 186 Å². The van der Waals surface area contributed by atoms with Crippen LogP contribution in [-0.2, 0) is 0 Å². The Morgan fingerprint density at radius 1 is 1.28 bits per heavy atom. The zero-order valence-electron chi connectivity index (χ0n) is 16.9. The summed E-state index contributed by atoms with van der Waals surface area (Å²) in [5, 5.41) is 34.0. The normalized spacial score (nSPS) is 13.5. The van der Waals surface area contributed by atoms with Crippen molar-refractivity contribution in [1.82, 2.24) is 15.4 Å². The second-order valence-corrected chi connectivity index (χ2v) is 6.88. The van der Waals surface area contributed by atoms with E-state index < -0.39 is 16.9 Å². The Bertz CT molecular complexity index is 1240. The van der Waals surface area contributed by atoms with Crippen molar-refractivity contribution in [3.8, 4) is 11.5 Å². The van der Waals surface area contributed by atoms with Crippen LogP contribution in [-0.4, -0.2) is 45.3 Å². The van der Waals surface area contributed by atoms with Crippen LogP contribution in [0.5, 0.6) is 11.5 Å². The molecule has 168 valence electrons. The van der Waals surface area contributed by atoms with Gasteiger partial charge in [0.1, 0.15) is 11.8 Å². The lowest BCUT2D eigenvalue weighted by Gasteiger charge is -2.16. The molecule has 3 aromatic rings. The van der Waals surface area contributed by atoms with Crippen LogP contribution in [0.2, 0.25) is 0 Å². The van der Waals surface area contributed by atoms with Crippen molar-refractivity contribution >= 4 is 39.8 Å². The number of aromatic amines is 1. The van der Waals surface area contributed by atoms with E-state index in [1.165, 1.54) is 38.5 Å². The number of H-pyrrole nitrogens is 1. The molecule has 1 heterocycles. The van der Waals surface area contributed by atoms with E-state index in [0.717, 1.165) is 0 Å². The lowest BCUT2D eigenvalue weighted by atomic mass is 10.0. The van der Waals surface area contributed by atoms with Gasteiger partial charge in [-0.1, -0.05) is 6.07 Å². The van der Waals surface area contributed by atoms with Gasteiger partial charge >= 0.3 is 0 Å². The van der Waals surface area contributed by atoms with E-state index in [1.807, 2.05) is 0 Å². The molecule has 0 amide bonds. The smallest absolute Gasteiger partial charge is 0.276 e. The maximum absolute atomic E-state index is 12.8. The van der Waals surface area contributed by atoms with Crippen molar-refractivity contribution < 1.29 is 25.0 Å². The van der Waals surface area contributed by atoms with Gasteiger partial charge in [-0.2, -0.15) is 10.3 Å². The summed E-state index contributed by atoms with van der Waals surface area (Å²) in [5.41, 5.74) is 7.52. The summed E-state index contributed by atoms with van der Waals surface area (Å²) in [6.07, 6.45) is -1.43. The summed E-state index contributed by atoms with van der Waals surface area (Å²) < 4.78 is 10.5. The lowest BCUT2D eigenvalue weighted by molar-refractivity contribution is -0.991. The van der Waals surface area contributed by atoms with E-state index in [0.29, 0.717) is 17.1 Å². The van der Waals surface area contributed by atoms with Crippen LogP contribution < -0.4 is 31.4 Å². The molecule has 3 rings (SSSR count). The van der Waals surface area contributed by atoms with Crippen LogP contribution in [0.25, 0.3) is 11.0 Å². The second kappa shape index (κ2) is 9.67. The molecule has 0 aliphatic rings. The summed E-state index contributed by atoms with van der Waals surface area (Å²) in [4.78, 5) is 19.6. The molecule has 7 N–H and O–H groups in total. The van der Waals surface area contributed by atoms with E-state index in [1.54, 1.807) is 12.1 Å². The highest BCUT2D eigenvalue weighted by Crippen LogP contribution is 2.31. The molecule has 0 spiro atoms. The molecule has 0 bridgehead atoms.